The van der Waals surface area contributed by atoms with Gasteiger partial charge >= 0.3 is 0 Å². The van der Waals surface area contributed by atoms with Gasteiger partial charge in [-0.25, -0.2) is 9.97 Å². The maximum atomic E-state index is 6.43. The van der Waals surface area contributed by atoms with Gasteiger partial charge in [0.05, 0.1) is 0 Å². The van der Waals surface area contributed by atoms with Gasteiger partial charge in [-0.2, -0.15) is 0 Å². The molecular formula is C20H21N5. The van der Waals surface area contributed by atoms with Gasteiger partial charge in [0.15, 0.2) is 11.6 Å². The number of aryl methyl sites for hydroxylation is 1. The first-order valence-corrected chi connectivity index (χ1v) is 8.58. The molecule has 1 aliphatic heterocycles. The molecule has 0 amide bonds. The van der Waals surface area contributed by atoms with Gasteiger partial charge in [0.25, 0.3) is 0 Å². The van der Waals surface area contributed by atoms with Crippen LogP contribution in [0.1, 0.15) is 18.1 Å². The smallest absolute Gasteiger partial charge is 0.161 e. The lowest BCUT2D eigenvalue weighted by atomic mass is 10.1. The number of aromatic nitrogens is 2. The molecule has 5 nitrogen and oxygen atoms in total. The SMILES string of the molecule is CCc1ccccc1Nc1ncnc(N2CCc3ccccc32)c1N. The largest absolute Gasteiger partial charge is 0.393 e. The number of benzene rings is 2. The lowest BCUT2D eigenvalue weighted by Gasteiger charge is -2.21. The predicted molar refractivity (Wildman–Crippen MR) is 103 cm³/mol. The fourth-order valence-corrected chi connectivity index (χ4v) is 3.34. The van der Waals surface area contributed by atoms with E-state index < -0.39 is 0 Å². The highest BCUT2D eigenvalue weighted by Gasteiger charge is 2.24. The van der Waals surface area contributed by atoms with Crippen molar-refractivity contribution in [2.75, 3.05) is 22.5 Å². The summed E-state index contributed by atoms with van der Waals surface area (Å²) >= 11 is 0. The molecule has 5 heteroatoms. The maximum Gasteiger partial charge on any atom is 0.161 e. The fourth-order valence-electron chi connectivity index (χ4n) is 3.34. The molecular weight excluding hydrogens is 310 g/mol. The van der Waals surface area contributed by atoms with Gasteiger partial charge in [-0.15, -0.1) is 0 Å². The zero-order chi connectivity index (χ0) is 17.2. The molecule has 126 valence electrons. The number of nitrogen functional groups attached to an aromatic ring is 1. The minimum absolute atomic E-state index is 0.574. The Morgan fingerprint density at radius 2 is 1.88 bits per heavy atom. The molecule has 0 radical (unpaired) electrons. The summed E-state index contributed by atoms with van der Waals surface area (Å²) in [5.41, 5.74) is 11.8. The molecule has 4 rings (SSSR count). The van der Waals surface area contributed by atoms with Crippen LogP contribution in [0.3, 0.4) is 0 Å². The third kappa shape index (κ3) is 2.78. The highest BCUT2D eigenvalue weighted by molar-refractivity contribution is 5.83. The quantitative estimate of drug-likeness (QED) is 0.754. The van der Waals surface area contributed by atoms with Crippen molar-refractivity contribution < 1.29 is 0 Å². The standard InChI is InChI=1S/C20H21N5/c1-2-14-7-3-5-9-16(14)24-19-18(21)20(23-13-22-19)25-12-11-15-8-4-6-10-17(15)25/h3-10,13H,2,11-12,21H2,1H3,(H,22,23,24). The van der Waals surface area contributed by atoms with Crippen LogP contribution in [0.25, 0.3) is 0 Å². The minimum atomic E-state index is 0.574. The topological polar surface area (TPSA) is 67.1 Å². The Bertz CT molecular complexity index is 906. The molecule has 0 aliphatic carbocycles. The van der Waals surface area contributed by atoms with E-state index in [-0.39, 0.29) is 0 Å². The van der Waals surface area contributed by atoms with Crippen LogP contribution in [0.2, 0.25) is 0 Å². The summed E-state index contributed by atoms with van der Waals surface area (Å²) in [5.74, 6) is 1.41. The van der Waals surface area contributed by atoms with Gasteiger partial charge in [-0.05, 0) is 36.1 Å². The predicted octanol–water partition coefficient (Wildman–Crippen LogP) is 4.06. The van der Waals surface area contributed by atoms with Crippen LogP contribution >= 0.6 is 0 Å². The van der Waals surface area contributed by atoms with Crippen molar-refractivity contribution in [3.05, 3.63) is 66.0 Å². The Hall–Kier alpha value is -3.08. The van der Waals surface area contributed by atoms with Crippen LogP contribution in [0.15, 0.2) is 54.9 Å². The van der Waals surface area contributed by atoms with Crippen molar-refractivity contribution in [3.63, 3.8) is 0 Å². The van der Waals surface area contributed by atoms with Gasteiger partial charge in [-0.3, -0.25) is 0 Å². The zero-order valence-corrected chi connectivity index (χ0v) is 14.2. The number of nitrogens with one attached hydrogen (secondary N) is 1. The third-order valence-corrected chi connectivity index (χ3v) is 4.66. The van der Waals surface area contributed by atoms with Crippen LogP contribution in [-0.2, 0) is 12.8 Å². The highest BCUT2D eigenvalue weighted by atomic mass is 15.2. The molecule has 0 spiro atoms. The van der Waals surface area contributed by atoms with E-state index in [0.717, 1.165) is 30.9 Å². The van der Waals surface area contributed by atoms with Crippen molar-refractivity contribution in [2.24, 2.45) is 0 Å². The average Bonchev–Trinajstić information content (AvgIpc) is 3.08. The van der Waals surface area contributed by atoms with E-state index in [1.54, 1.807) is 6.33 Å². The number of nitrogens with zero attached hydrogens (tertiary/aromatic N) is 3. The number of hydrogen-bond donors (Lipinski definition) is 2. The van der Waals surface area contributed by atoms with E-state index in [4.69, 9.17) is 5.73 Å². The number of fused-ring (bicyclic) bond motifs is 1. The number of para-hydroxylation sites is 2. The van der Waals surface area contributed by atoms with Gasteiger partial charge in [0.1, 0.15) is 12.0 Å². The van der Waals surface area contributed by atoms with Crippen molar-refractivity contribution in [3.8, 4) is 0 Å². The van der Waals surface area contributed by atoms with Crippen molar-refractivity contribution in [1.82, 2.24) is 9.97 Å². The first-order chi connectivity index (χ1) is 12.3. The molecule has 0 atom stereocenters. The van der Waals surface area contributed by atoms with Crippen LogP contribution < -0.4 is 16.0 Å². The Labute approximate surface area is 147 Å². The maximum absolute atomic E-state index is 6.43. The Morgan fingerprint density at radius 3 is 2.76 bits per heavy atom. The van der Waals surface area contributed by atoms with E-state index in [9.17, 15) is 0 Å². The van der Waals surface area contributed by atoms with Crippen LogP contribution in [0.5, 0.6) is 0 Å². The zero-order valence-electron chi connectivity index (χ0n) is 14.2. The van der Waals surface area contributed by atoms with Crippen molar-refractivity contribution in [1.29, 1.82) is 0 Å². The van der Waals surface area contributed by atoms with Gasteiger partial charge in [0, 0.05) is 17.9 Å². The summed E-state index contributed by atoms with van der Waals surface area (Å²) in [7, 11) is 0. The van der Waals surface area contributed by atoms with Crippen LogP contribution in [0, 0.1) is 0 Å². The summed E-state index contributed by atoms with van der Waals surface area (Å²) in [6, 6.07) is 16.6. The molecule has 0 unspecified atom stereocenters. The Kier molecular flexibility index (Phi) is 3.98. The Balaban J connectivity index is 1.70. The number of nitrogens with two attached hydrogens (primary N) is 1. The number of hydrogen-bond acceptors (Lipinski definition) is 5. The molecule has 3 aromatic rings. The summed E-state index contributed by atoms with van der Waals surface area (Å²) in [6.07, 6.45) is 3.52. The van der Waals surface area contributed by atoms with Crippen molar-refractivity contribution in [2.45, 2.75) is 19.8 Å². The van der Waals surface area contributed by atoms with Gasteiger partial charge < -0.3 is 16.0 Å². The van der Waals surface area contributed by atoms with Crippen LogP contribution in [0.4, 0.5) is 28.7 Å². The second-order valence-corrected chi connectivity index (χ2v) is 6.13. The first kappa shape index (κ1) is 15.4. The van der Waals surface area contributed by atoms with Gasteiger partial charge in [-0.1, -0.05) is 43.3 Å². The minimum Gasteiger partial charge on any atom is -0.393 e. The molecule has 0 saturated carbocycles. The highest BCUT2D eigenvalue weighted by Crippen LogP contribution is 2.38. The molecule has 1 aliphatic rings. The number of rotatable bonds is 4. The van der Waals surface area contributed by atoms with Crippen LogP contribution in [-0.4, -0.2) is 16.5 Å². The molecule has 0 saturated heterocycles. The fraction of sp³-hybridized carbons (Fsp3) is 0.200. The second-order valence-electron chi connectivity index (χ2n) is 6.13. The third-order valence-electron chi connectivity index (χ3n) is 4.66. The molecule has 0 bridgehead atoms. The lowest BCUT2D eigenvalue weighted by Crippen LogP contribution is -2.17. The summed E-state index contributed by atoms with van der Waals surface area (Å²) < 4.78 is 0. The van der Waals surface area contributed by atoms with E-state index >= 15 is 0 Å². The molecule has 1 aromatic heterocycles. The molecule has 3 N–H and O–H groups in total. The van der Waals surface area contributed by atoms with Gasteiger partial charge in [0.2, 0.25) is 0 Å². The molecule has 25 heavy (non-hydrogen) atoms. The molecule has 2 heterocycles. The molecule has 0 fully saturated rings. The average molecular weight is 331 g/mol. The monoisotopic (exact) mass is 331 g/mol. The van der Waals surface area contributed by atoms with E-state index in [2.05, 4.69) is 51.4 Å². The number of anilines is 5. The second kappa shape index (κ2) is 6.43. The van der Waals surface area contributed by atoms with E-state index in [0.29, 0.717) is 11.5 Å². The first-order valence-electron chi connectivity index (χ1n) is 8.58. The summed E-state index contributed by atoms with van der Waals surface area (Å²) in [5, 5.41) is 3.38. The molecule has 2 aromatic carbocycles. The van der Waals surface area contributed by atoms with E-state index in [1.807, 2.05) is 24.3 Å². The summed E-state index contributed by atoms with van der Waals surface area (Å²) in [6.45, 7) is 3.02. The lowest BCUT2D eigenvalue weighted by molar-refractivity contribution is 0.967. The summed E-state index contributed by atoms with van der Waals surface area (Å²) in [4.78, 5) is 11.0. The van der Waals surface area contributed by atoms with E-state index in [1.165, 1.54) is 16.8 Å². The Morgan fingerprint density at radius 1 is 1.08 bits per heavy atom. The normalized spacial score (nSPS) is 12.9. The van der Waals surface area contributed by atoms with Crippen molar-refractivity contribution >= 4 is 28.7 Å².